The van der Waals surface area contributed by atoms with Gasteiger partial charge >= 0.3 is 0 Å². The summed E-state index contributed by atoms with van der Waals surface area (Å²) >= 11 is 5.34. The summed E-state index contributed by atoms with van der Waals surface area (Å²) in [6.07, 6.45) is -0.322. The van der Waals surface area contributed by atoms with Crippen molar-refractivity contribution in [3.05, 3.63) is 0 Å². The molecule has 0 aromatic heterocycles. The van der Waals surface area contributed by atoms with Crippen LogP contribution in [0.15, 0.2) is 0 Å². The lowest BCUT2D eigenvalue weighted by Crippen LogP contribution is -2.52. The van der Waals surface area contributed by atoms with E-state index in [4.69, 9.17) is 17.3 Å². The fourth-order valence-electron chi connectivity index (χ4n) is 1.54. The second-order valence-electron chi connectivity index (χ2n) is 3.42. The number of piperidine rings is 1. The average Bonchev–Trinajstić information content (AvgIpc) is 2.16. The highest BCUT2D eigenvalue weighted by atomic mass is 35.5. The molecule has 0 bridgehead atoms. The maximum absolute atomic E-state index is 13.2. The van der Waals surface area contributed by atoms with Crippen molar-refractivity contribution in [3.8, 4) is 0 Å². The first kappa shape index (κ1) is 11.7. The molecule has 3 nitrogen and oxygen atoms in total. The topological polar surface area (TPSA) is 46.3 Å². The van der Waals surface area contributed by atoms with E-state index in [9.17, 15) is 13.6 Å². The number of nitrogens with two attached hydrogens (primary N) is 1. The van der Waals surface area contributed by atoms with Crippen LogP contribution in [0.2, 0.25) is 0 Å². The number of carbonyl (C=O) groups excluding carboxylic acids is 1. The van der Waals surface area contributed by atoms with Crippen molar-refractivity contribution < 1.29 is 13.6 Å². The summed E-state index contributed by atoms with van der Waals surface area (Å²) in [5, 5.41) is 0. The van der Waals surface area contributed by atoms with Crippen LogP contribution >= 0.6 is 11.6 Å². The van der Waals surface area contributed by atoms with Gasteiger partial charge in [0.2, 0.25) is 5.91 Å². The molecular formula is C8H13ClF2N2O. The van der Waals surface area contributed by atoms with E-state index in [1.165, 1.54) is 4.90 Å². The molecule has 1 rings (SSSR count). The fraction of sp³-hybridized carbons (Fsp3) is 0.875. The minimum Gasteiger partial charge on any atom is -0.341 e. The van der Waals surface area contributed by atoms with Crippen molar-refractivity contribution in [2.45, 2.75) is 12.3 Å². The molecular weight excluding hydrogens is 214 g/mol. The van der Waals surface area contributed by atoms with Crippen molar-refractivity contribution in [1.82, 2.24) is 4.90 Å². The number of nitrogens with zero attached hydrogens (tertiary/aromatic N) is 1. The van der Waals surface area contributed by atoms with Gasteiger partial charge in [0, 0.05) is 26.1 Å². The standard InChI is InChI=1S/C8H13ClF2N2O/c9-3-7(14)13-2-1-8(10,11)6(4-12)5-13/h6H,1-5,12H2. The third kappa shape index (κ3) is 2.33. The molecule has 6 heteroatoms. The van der Waals surface area contributed by atoms with Gasteiger partial charge in [-0.05, 0) is 0 Å². The molecule has 0 spiro atoms. The Hall–Kier alpha value is -0.420. The summed E-state index contributed by atoms with van der Waals surface area (Å²) < 4.78 is 26.3. The molecule has 14 heavy (non-hydrogen) atoms. The maximum atomic E-state index is 13.2. The molecule has 1 aliphatic heterocycles. The Morgan fingerprint density at radius 2 is 2.29 bits per heavy atom. The largest absolute Gasteiger partial charge is 0.341 e. The zero-order valence-corrected chi connectivity index (χ0v) is 8.44. The van der Waals surface area contributed by atoms with Crippen LogP contribution < -0.4 is 5.73 Å². The molecule has 1 unspecified atom stereocenters. The summed E-state index contributed by atoms with van der Waals surface area (Å²) in [5.41, 5.74) is 5.23. The van der Waals surface area contributed by atoms with Crippen molar-refractivity contribution in [2.75, 3.05) is 25.5 Å². The third-order valence-electron chi connectivity index (χ3n) is 2.50. The molecule has 1 atom stereocenters. The molecule has 0 radical (unpaired) electrons. The van der Waals surface area contributed by atoms with Crippen LogP contribution in [-0.4, -0.2) is 42.2 Å². The van der Waals surface area contributed by atoms with Gasteiger partial charge in [0.15, 0.2) is 0 Å². The van der Waals surface area contributed by atoms with Crippen LogP contribution in [0.1, 0.15) is 6.42 Å². The molecule has 1 amide bonds. The van der Waals surface area contributed by atoms with Crippen LogP contribution in [-0.2, 0) is 4.79 Å². The molecule has 1 aliphatic rings. The Morgan fingerprint density at radius 1 is 1.64 bits per heavy atom. The van der Waals surface area contributed by atoms with Crippen LogP contribution in [0.3, 0.4) is 0 Å². The summed E-state index contributed by atoms with van der Waals surface area (Å²) in [6.45, 7) is -0.0385. The minimum atomic E-state index is -2.75. The van der Waals surface area contributed by atoms with Gasteiger partial charge in [0.25, 0.3) is 5.92 Å². The molecule has 82 valence electrons. The van der Waals surface area contributed by atoms with Gasteiger partial charge in [0.1, 0.15) is 5.88 Å². The first-order chi connectivity index (χ1) is 6.51. The highest BCUT2D eigenvalue weighted by molar-refractivity contribution is 6.27. The number of rotatable bonds is 2. The first-order valence-electron chi connectivity index (χ1n) is 4.43. The van der Waals surface area contributed by atoms with Crippen molar-refractivity contribution >= 4 is 17.5 Å². The quantitative estimate of drug-likeness (QED) is 0.704. The van der Waals surface area contributed by atoms with Crippen LogP contribution in [0.4, 0.5) is 8.78 Å². The van der Waals surface area contributed by atoms with E-state index >= 15 is 0 Å². The van der Waals surface area contributed by atoms with E-state index in [0.29, 0.717) is 0 Å². The third-order valence-corrected chi connectivity index (χ3v) is 2.73. The summed E-state index contributed by atoms with van der Waals surface area (Å²) in [5.74, 6) is -4.16. The van der Waals surface area contributed by atoms with Crippen LogP contribution in [0.25, 0.3) is 0 Å². The number of carbonyl (C=O) groups is 1. The summed E-state index contributed by atoms with van der Waals surface area (Å²) in [4.78, 5) is 12.5. The Labute approximate surface area is 86.2 Å². The van der Waals surface area contributed by atoms with Gasteiger partial charge in [-0.15, -0.1) is 11.6 Å². The predicted octanol–water partition coefficient (Wildman–Crippen LogP) is 0.668. The van der Waals surface area contributed by atoms with E-state index < -0.39 is 11.8 Å². The van der Waals surface area contributed by atoms with Gasteiger partial charge in [-0.2, -0.15) is 0 Å². The van der Waals surface area contributed by atoms with E-state index in [-0.39, 0.29) is 37.8 Å². The van der Waals surface area contributed by atoms with Gasteiger partial charge in [-0.1, -0.05) is 0 Å². The average molecular weight is 227 g/mol. The molecule has 0 saturated carbocycles. The SMILES string of the molecule is NCC1CN(C(=O)CCl)CCC1(F)F. The molecule has 0 aromatic rings. The Balaban J connectivity index is 2.62. The van der Waals surface area contributed by atoms with E-state index in [0.717, 1.165) is 0 Å². The Bertz CT molecular complexity index is 225. The van der Waals surface area contributed by atoms with Crippen LogP contribution in [0.5, 0.6) is 0 Å². The molecule has 1 heterocycles. The lowest BCUT2D eigenvalue weighted by atomic mass is 9.93. The molecule has 2 N–H and O–H groups in total. The number of amides is 1. The Morgan fingerprint density at radius 3 is 2.79 bits per heavy atom. The van der Waals surface area contributed by atoms with Crippen molar-refractivity contribution in [3.63, 3.8) is 0 Å². The van der Waals surface area contributed by atoms with Gasteiger partial charge < -0.3 is 10.6 Å². The van der Waals surface area contributed by atoms with Gasteiger partial charge in [-0.3, -0.25) is 4.79 Å². The van der Waals surface area contributed by atoms with Crippen LogP contribution in [0, 0.1) is 5.92 Å². The number of likely N-dealkylation sites (tertiary alicyclic amines) is 1. The number of hydrogen-bond acceptors (Lipinski definition) is 2. The van der Waals surface area contributed by atoms with E-state index in [1.54, 1.807) is 0 Å². The normalized spacial score (nSPS) is 26.3. The highest BCUT2D eigenvalue weighted by Crippen LogP contribution is 2.32. The molecule has 1 fully saturated rings. The lowest BCUT2D eigenvalue weighted by Gasteiger charge is -2.37. The summed E-state index contributed by atoms with van der Waals surface area (Å²) in [6, 6.07) is 0. The van der Waals surface area contributed by atoms with Gasteiger partial charge in [-0.25, -0.2) is 8.78 Å². The highest BCUT2D eigenvalue weighted by Gasteiger charge is 2.43. The minimum absolute atomic E-state index is 0.00898. The van der Waals surface area contributed by atoms with E-state index in [2.05, 4.69) is 0 Å². The number of alkyl halides is 3. The zero-order chi connectivity index (χ0) is 10.8. The van der Waals surface area contributed by atoms with Crippen molar-refractivity contribution in [2.24, 2.45) is 11.7 Å². The van der Waals surface area contributed by atoms with Crippen molar-refractivity contribution in [1.29, 1.82) is 0 Å². The second kappa shape index (κ2) is 4.40. The van der Waals surface area contributed by atoms with E-state index in [1.807, 2.05) is 0 Å². The lowest BCUT2D eigenvalue weighted by molar-refractivity contribution is -0.142. The Kier molecular flexibility index (Phi) is 3.66. The molecule has 0 aliphatic carbocycles. The molecule has 0 aromatic carbocycles. The fourth-order valence-corrected chi connectivity index (χ4v) is 1.71. The predicted molar refractivity (Wildman–Crippen MR) is 49.4 cm³/mol. The molecule has 1 saturated heterocycles. The zero-order valence-electron chi connectivity index (χ0n) is 7.68. The monoisotopic (exact) mass is 226 g/mol. The number of halogens is 3. The first-order valence-corrected chi connectivity index (χ1v) is 4.96. The maximum Gasteiger partial charge on any atom is 0.255 e. The number of hydrogen-bond donors (Lipinski definition) is 1. The summed E-state index contributed by atoms with van der Waals surface area (Å²) in [7, 11) is 0. The smallest absolute Gasteiger partial charge is 0.255 e. The van der Waals surface area contributed by atoms with Gasteiger partial charge in [0.05, 0.1) is 5.92 Å². The second-order valence-corrected chi connectivity index (χ2v) is 3.68.